The molecule has 3 fully saturated rings. The Morgan fingerprint density at radius 3 is 2.69 bits per heavy atom. The van der Waals surface area contributed by atoms with Crippen LogP contribution in [0.1, 0.15) is 44.6 Å². The molecule has 3 aliphatic rings. The quantitative estimate of drug-likeness (QED) is 0.581. The second-order valence-corrected chi connectivity index (χ2v) is 9.94. The third-order valence-corrected chi connectivity index (χ3v) is 7.71. The van der Waals surface area contributed by atoms with Crippen molar-refractivity contribution in [3.63, 3.8) is 0 Å². The van der Waals surface area contributed by atoms with Crippen molar-refractivity contribution in [3.8, 4) is 0 Å². The first-order valence-corrected chi connectivity index (χ1v) is 12.1. The zero-order chi connectivity index (χ0) is 25.3. The number of fused-ring (bicyclic) bond motifs is 1. The van der Waals surface area contributed by atoms with Gasteiger partial charge in [0.15, 0.2) is 5.78 Å². The van der Waals surface area contributed by atoms with Crippen molar-refractivity contribution in [1.29, 1.82) is 0 Å². The minimum absolute atomic E-state index is 0.00561. The first-order chi connectivity index (χ1) is 16.6. The first-order valence-electron chi connectivity index (χ1n) is 12.1. The normalized spacial score (nSPS) is 28.2. The summed E-state index contributed by atoms with van der Waals surface area (Å²) in [6.45, 7) is 0.350. The largest absolute Gasteiger partial charge is 0.356 e. The van der Waals surface area contributed by atoms with Gasteiger partial charge in [-0.1, -0.05) is 18.6 Å². The molecule has 2 aliphatic heterocycles. The van der Waals surface area contributed by atoms with E-state index in [0.29, 0.717) is 19.4 Å². The maximum absolute atomic E-state index is 15.8. The average molecular weight is 494 g/mol. The standard InChI is InChI=1S/C25H30F3N3O4/c1-25(28,16-5-3-6-17(27)11-16)24(35)31-13-15-4-2-7-18(15)21(31)23(34)30-19(20(32)12-26)10-14-8-9-29-22(14)33/h3,5-6,11,14-15,18-19,21H,2,4,7-10,12-13H2,1H3,(H,29,33)(H,30,34)/t14-,15+,18+,19+,21+,25-/m1/s1. The number of carbonyl (C=O) groups is 4. The molecular weight excluding hydrogens is 463 g/mol. The Kier molecular flexibility index (Phi) is 7.19. The van der Waals surface area contributed by atoms with Crippen molar-refractivity contribution in [2.24, 2.45) is 17.8 Å². The lowest BCUT2D eigenvalue weighted by Crippen LogP contribution is -2.55. The molecule has 190 valence electrons. The lowest BCUT2D eigenvalue weighted by atomic mass is 9.91. The Morgan fingerprint density at radius 2 is 2.03 bits per heavy atom. The molecule has 1 saturated carbocycles. The molecule has 2 N–H and O–H groups in total. The molecule has 2 saturated heterocycles. The molecule has 0 bridgehead atoms. The van der Waals surface area contributed by atoms with E-state index in [1.807, 2.05) is 0 Å². The number of alkyl halides is 2. The predicted molar refractivity (Wildman–Crippen MR) is 120 cm³/mol. The predicted octanol–water partition coefficient (Wildman–Crippen LogP) is 2.19. The number of nitrogens with one attached hydrogen (secondary N) is 2. The van der Waals surface area contributed by atoms with Gasteiger partial charge in [0.2, 0.25) is 17.5 Å². The Bertz CT molecular complexity index is 1020. The number of Topliss-reactive ketones (excluding diaryl/α,β-unsaturated/α-hetero) is 1. The highest BCUT2D eigenvalue weighted by molar-refractivity contribution is 5.96. The van der Waals surface area contributed by atoms with Crippen LogP contribution in [0.3, 0.4) is 0 Å². The number of carbonyl (C=O) groups excluding carboxylic acids is 4. The Labute approximate surface area is 201 Å². The van der Waals surface area contributed by atoms with Crippen molar-refractivity contribution >= 4 is 23.5 Å². The number of rotatable bonds is 8. The highest BCUT2D eigenvalue weighted by Gasteiger charge is 2.53. The summed E-state index contributed by atoms with van der Waals surface area (Å²) in [6, 6.07) is 2.46. The van der Waals surface area contributed by atoms with Crippen molar-refractivity contribution in [1.82, 2.24) is 15.5 Å². The number of halogens is 3. The van der Waals surface area contributed by atoms with Gasteiger partial charge >= 0.3 is 0 Å². The molecule has 6 atom stereocenters. The number of nitrogens with zero attached hydrogens (tertiary/aromatic N) is 1. The van der Waals surface area contributed by atoms with E-state index in [4.69, 9.17) is 0 Å². The van der Waals surface area contributed by atoms with Crippen LogP contribution >= 0.6 is 0 Å². The highest BCUT2D eigenvalue weighted by Crippen LogP contribution is 2.44. The van der Waals surface area contributed by atoms with Gasteiger partial charge < -0.3 is 15.5 Å². The van der Waals surface area contributed by atoms with Gasteiger partial charge in [-0.05, 0) is 56.6 Å². The number of hydrogen-bond donors (Lipinski definition) is 2. The summed E-state index contributed by atoms with van der Waals surface area (Å²) in [5.41, 5.74) is -2.73. The average Bonchev–Trinajstić information content (AvgIpc) is 3.53. The molecule has 10 heteroatoms. The zero-order valence-electron chi connectivity index (χ0n) is 19.6. The van der Waals surface area contributed by atoms with Gasteiger partial charge in [-0.2, -0.15) is 0 Å². The van der Waals surface area contributed by atoms with Crippen LogP contribution in [-0.2, 0) is 24.8 Å². The second kappa shape index (κ2) is 9.99. The molecule has 4 rings (SSSR count). The maximum atomic E-state index is 15.8. The monoisotopic (exact) mass is 493 g/mol. The Hall–Kier alpha value is -2.91. The highest BCUT2D eigenvalue weighted by atomic mass is 19.1. The summed E-state index contributed by atoms with van der Waals surface area (Å²) in [6.07, 6.45) is 2.71. The molecule has 1 aromatic carbocycles. The molecular formula is C25H30F3N3O4. The van der Waals surface area contributed by atoms with Crippen molar-refractivity contribution in [2.75, 3.05) is 19.8 Å². The van der Waals surface area contributed by atoms with E-state index in [1.165, 1.54) is 17.0 Å². The summed E-state index contributed by atoms with van der Waals surface area (Å²) in [5, 5.41) is 5.22. The Morgan fingerprint density at radius 1 is 1.26 bits per heavy atom. The molecule has 35 heavy (non-hydrogen) atoms. The first kappa shape index (κ1) is 25.2. The fourth-order valence-corrected chi connectivity index (χ4v) is 5.80. The minimum Gasteiger partial charge on any atom is -0.356 e. The van der Waals surface area contributed by atoms with Crippen LogP contribution in [0.15, 0.2) is 24.3 Å². The fourth-order valence-electron chi connectivity index (χ4n) is 5.80. The van der Waals surface area contributed by atoms with Gasteiger partial charge in [-0.3, -0.25) is 19.2 Å². The SMILES string of the molecule is C[C@](F)(C(=O)N1C[C@@H]2CCC[C@@H]2[C@H]1C(=O)N[C@@H](C[C@H]1CCNC1=O)C(=O)CF)c1cccc(F)c1. The van der Waals surface area contributed by atoms with Gasteiger partial charge in [0.25, 0.3) is 5.91 Å². The molecule has 0 spiro atoms. The van der Waals surface area contributed by atoms with Gasteiger partial charge in [0, 0.05) is 24.6 Å². The summed E-state index contributed by atoms with van der Waals surface area (Å²) in [5.74, 6) is -4.17. The van der Waals surface area contributed by atoms with E-state index < -0.39 is 53.8 Å². The van der Waals surface area contributed by atoms with Crippen LogP contribution in [0, 0.1) is 23.6 Å². The van der Waals surface area contributed by atoms with Crippen molar-refractivity contribution in [2.45, 2.75) is 56.8 Å². The van der Waals surface area contributed by atoms with E-state index in [1.54, 1.807) is 0 Å². The smallest absolute Gasteiger partial charge is 0.265 e. The van der Waals surface area contributed by atoms with Gasteiger partial charge in [-0.25, -0.2) is 13.2 Å². The Balaban J connectivity index is 1.57. The number of likely N-dealkylation sites (tertiary alicyclic amines) is 1. The molecule has 2 heterocycles. The molecule has 1 aromatic rings. The molecule has 0 unspecified atom stereocenters. The fraction of sp³-hybridized carbons (Fsp3) is 0.600. The minimum atomic E-state index is -2.57. The third-order valence-electron chi connectivity index (χ3n) is 7.71. The van der Waals surface area contributed by atoms with Crippen LogP contribution in [0.25, 0.3) is 0 Å². The molecule has 0 radical (unpaired) electrons. The van der Waals surface area contributed by atoms with Crippen molar-refractivity contribution < 1.29 is 32.3 Å². The maximum Gasteiger partial charge on any atom is 0.265 e. The summed E-state index contributed by atoms with van der Waals surface area (Å²) < 4.78 is 42.8. The van der Waals surface area contributed by atoms with Crippen LogP contribution in [0.2, 0.25) is 0 Å². The molecule has 0 aromatic heterocycles. The second-order valence-electron chi connectivity index (χ2n) is 9.94. The molecule has 1 aliphatic carbocycles. The number of amides is 3. The van der Waals surface area contributed by atoms with Crippen LogP contribution in [0.5, 0.6) is 0 Å². The third kappa shape index (κ3) is 4.92. The number of ketones is 1. The molecule has 7 nitrogen and oxygen atoms in total. The summed E-state index contributed by atoms with van der Waals surface area (Å²) in [4.78, 5) is 52.3. The van der Waals surface area contributed by atoms with E-state index in [2.05, 4.69) is 10.6 Å². The van der Waals surface area contributed by atoms with Crippen LogP contribution in [-0.4, -0.2) is 60.3 Å². The van der Waals surface area contributed by atoms with Gasteiger partial charge in [-0.15, -0.1) is 0 Å². The van der Waals surface area contributed by atoms with Crippen LogP contribution < -0.4 is 10.6 Å². The zero-order valence-corrected chi connectivity index (χ0v) is 19.6. The van der Waals surface area contributed by atoms with E-state index in [0.717, 1.165) is 31.9 Å². The van der Waals surface area contributed by atoms with E-state index in [9.17, 15) is 28.0 Å². The van der Waals surface area contributed by atoms with Gasteiger partial charge in [0.05, 0.1) is 6.04 Å². The van der Waals surface area contributed by atoms with Crippen molar-refractivity contribution in [3.05, 3.63) is 35.6 Å². The number of hydrogen-bond acceptors (Lipinski definition) is 4. The van der Waals surface area contributed by atoms with Crippen LogP contribution in [0.4, 0.5) is 13.2 Å². The lowest BCUT2D eigenvalue weighted by molar-refractivity contribution is -0.149. The summed E-state index contributed by atoms with van der Waals surface area (Å²) >= 11 is 0. The lowest BCUT2D eigenvalue weighted by Gasteiger charge is -2.33. The summed E-state index contributed by atoms with van der Waals surface area (Å²) in [7, 11) is 0. The van der Waals surface area contributed by atoms with E-state index >= 15 is 4.39 Å². The molecule has 3 amide bonds. The number of benzene rings is 1. The van der Waals surface area contributed by atoms with Gasteiger partial charge in [0.1, 0.15) is 18.5 Å². The van der Waals surface area contributed by atoms with E-state index in [-0.39, 0.29) is 36.3 Å². The topological polar surface area (TPSA) is 95.6 Å².